The minimum absolute atomic E-state index is 0.0463. The second-order valence-corrected chi connectivity index (χ2v) is 7.34. The minimum atomic E-state index is -0.399. The molecule has 2 rings (SSSR count). The molecule has 0 unspecified atom stereocenters. The van der Waals surface area contributed by atoms with Crippen LogP contribution in [0.4, 0.5) is 5.69 Å². The SMILES string of the molecule is CCC(=O)Nc1ccc([C@@H]2NC(=S)N(C)C(C)=C2C(=O)OCC(C)C)cc1. The van der Waals surface area contributed by atoms with Gasteiger partial charge in [0.1, 0.15) is 0 Å². The van der Waals surface area contributed by atoms with E-state index in [0.717, 1.165) is 11.3 Å². The smallest absolute Gasteiger partial charge is 0.338 e. The summed E-state index contributed by atoms with van der Waals surface area (Å²) in [5.74, 6) is -0.142. The summed E-state index contributed by atoms with van der Waals surface area (Å²) < 4.78 is 5.48. The molecule has 1 aliphatic heterocycles. The van der Waals surface area contributed by atoms with Crippen LogP contribution in [0.5, 0.6) is 0 Å². The molecule has 1 atom stereocenters. The Balaban J connectivity index is 2.32. The predicted molar refractivity (Wildman–Crippen MR) is 110 cm³/mol. The fraction of sp³-hybridized carbons (Fsp3) is 0.450. The summed E-state index contributed by atoms with van der Waals surface area (Å²) in [5.41, 5.74) is 2.89. The standard InChI is InChI=1S/C20H27N3O3S/c1-6-16(24)21-15-9-7-14(8-10-15)18-17(19(25)26-11-12(2)3)13(4)23(5)20(27)22-18/h7-10,12,18H,6,11H2,1-5H3,(H,21,24)(H,22,27)/t18-/m0/s1. The summed E-state index contributed by atoms with van der Waals surface area (Å²) in [6, 6.07) is 6.99. The van der Waals surface area contributed by atoms with Gasteiger partial charge in [0.15, 0.2) is 5.11 Å². The maximum absolute atomic E-state index is 12.8. The van der Waals surface area contributed by atoms with Crippen LogP contribution in [-0.2, 0) is 14.3 Å². The molecule has 27 heavy (non-hydrogen) atoms. The first-order valence-corrected chi connectivity index (χ1v) is 9.47. The zero-order valence-corrected chi connectivity index (χ0v) is 17.3. The van der Waals surface area contributed by atoms with Crippen LogP contribution in [0.2, 0.25) is 0 Å². The highest BCUT2D eigenvalue weighted by Gasteiger charge is 2.33. The van der Waals surface area contributed by atoms with Crippen molar-refractivity contribution in [3.8, 4) is 0 Å². The number of carbonyl (C=O) groups excluding carboxylic acids is 2. The number of rotatable bonds is 6. The second kappa shape index (κ2) is 8.99. The van der Waals surface area contributed by atoms with Gasteiger partial charge in [0.25, 0.3) is 0 Å². The molecular weight excluding hydrogens is 362 g/mol. The van der Waals surface area contributed by atoms with Gasteiger partial charge in [0.2, 0.25) is 5.91 Å². The molecule has 0 fully saturated rings. The maximum Gasteiger partial charge on any atom is 0.338 e. The second-order valence-electron chi connectivity index (χ2n) is 6.96. The summed E-state index contributed by atoms with van der Waals surface area (Å²) in [4.78, 5) is 26.1. The third kappa shape index (κ3) is 5.07. The van der Waals surface area contributed by atoms with Crippen LogP contribution in [0.1, 0.15) is 45.7 Å². The van der Waals surface area contributed by atoms with Crippen LogP contribution >= 0.6 is 12.2 Å². The normalized spacial score (nSPS) is 17.0. The zero-order valence-electron chi connectivity index (χ0n) is 16.5. The molecule has 6 nitrogen and oxygen atoms in total. The van der Waals surface area contributed by atoms with Crippen molar-refractivity contribution in [2.24, 2.45) is 5.92 Å². The molecule has 1 aliphatic rings. The Morgan fingerprint density at radius 3 is 2.48 bits per heavy atom. The first-order chi connectivity index (χ1) is 12.7. The minimum Gasteiger partial charge on any atom is -0.462 e. The highest BCUT2D eigenvalue weighted by molar-refractivity contribution is 7.80. The molecule has 0 bridgehead atoms. The lowest BCUT2D eigenvalue weighted by Crippen LogP contribution is -2.46. The zero-order chi connectivity index (χ0) is 20.1. The molecule has 0 spiro atoms. The number of amides is 1. The van der Waals surface area contributed by atoms with Gasteiger partial charge >= 0.3 is 5.97 Å². The van der Waals surface area contributed by atoms with Crippen LogP contribution in [0.15, 0.2) is 35.5 Å². The number of ether oxygens (including phenoxy) is 1. The summed E-state index contributed by atoms with van der Waals surface area (Å²) in [5, 5.41) is 6.57. The van der Waals surface area contributed by atoms with E-state index in [1.165, 1.54) is 0 Å². The summed E-state index contributed by atoms with van der Waals surface area (Å²) in [7, 11) is 1.82. The van der Waals surface area contributed by atoms with Crippen molar-refractivity contribution in [1.82, 2.24) is 10.2 Å². The van der Waals surface area contributed by atoms with Crippen LogP contribution in [0, 0.1) is 5.92 Å². The molecular formula is C20H27N3O3S. The third-order valence-corrected chi connectivity index (χ3v) is 4.76. The van der Waals surface area contributed by atoms with E-state index < -0.39 is 6.04 Å². The van der Waals surface area contributed by atoms with E-state index in [1.807, 2.05) is 52.1 Å². The third-order valence-electron chi connectivity index (χ3n) is 4.37. The van der Waals surface area contributed by atoms with Crippen molar-refractivity contribution in [2.75, 3.05) is 19.0 Å². The number of anilines is 1. The quantitative estimate of drug-likeness (QED) is 0.574. The monoisotopic (exact) mass is 389 g/mol. The fourth-order valence-electron chi connectivity index (χ4n) is 2.68. The highest BCUT2D eigenvalue weighted by Crippen LogP contribution is 2.31. The van der Waals surface area contributed by atoms with E-state index in [2.05, 4.69) is 10.6 Å². The topological polar surface area (TPSA) is 70.7 Å². The van der Waals surface area contributed by atoms with Gasteiger partial charge in [-0.15, -0.1) is 0 Å². The van der Waals surface area contributed by atoms with E-state index in [0.29, 0.717) is 29.4 Å². The number of benzene rings is 1. The number of nitrogens with zero attached hydrogens (tertiary/aromatic N) is 1. The van der Waals surface area contributed by atoms with Crippen LogP contribution in [-0.4, -0.2) is 35.5 Å². The molecule has 146 valence electrons. The Morgan fingerprint density at radius 2 is 1.93 bits per heavy atom. The van der Waals surface area contributed by atoms with E-state index in [9.17, 15) is 9.59 Å². The van der Waals surface area contributed by atoms with Crippen molar-refractivity contribution < 1.29 is 14.3 Å². The van der Waals surface area contributed by atoms with Gasteiger partial charge in [-0.2, -0.15) is 0 Å². The van der Waals surface area contributed by atoms with E-state index in [4.69, 9.17) is 17.0 Å². The van der Waals surface area contributed by atoms with Gasteiger partial charge < -0.3 is 20.3 Å². The van der Waals surface area contributed by atoms with Gasteiger partial charge in [-0.1, -0.05) is 32.9 Å². The number of nitrogens with one attached hydrogen (secondary N) is 2. The van der Waals surface area contributed by atoms with Gasteiger partial charge in [-0.3, -0.25) is 4.79 Å². The van der Waals surface area contributed by atoms with Gasteiger partial charge in [0, 0.05) is 24.9 Å². The fourth-order valence-corrected chi connectivity index (χ4v) is 2.93. The van der Waals surface area contributed by atoms with E-state index in [1.54, 1.807) is 11.8 Å². The first-order valence-electron chi connectivity index (χ1n) is 9.06. The lowest BCUT2D eigenvalue weighted by Gasteiger charge is -2.35. The molecule has 2 N–H and O–H groups in total. The lowest BCUT2D eigenvalue weighted by atomic mass is 9.95. The van der Waals surface area contributed by atoms with Crippen molar-refractivity contribution in [3.05, 3.63) is 41.1 Å². The summed E-state index contributed by atoms with van der Waals surface area (Å²) in [6.07, 6.45) is 0.417. The Morgan fingerprint density at radius 1 is 1.30 bits per heavy atom. The Labute approximate surface area is 166 Å². The molecule has 1 amide bonds. The van der Waals surface area contributed by atoms with Crippen molar-refractivity contribution in [1.29, 1.82) is 0 Å². The summed E-state index contributed by atoms with van der Waals surface area (Å²) in [6.45, 7) is 8.02. The van der Waals surface area contributed by atoms with Crippen LogP contribution in [0.25, 0.3) is 0 Å². The van der Waals surface area contributed by atoms with Gasteiger partial charge in [0.05, 0.1) is 18.2 Å². The van der Waals surface area contributed by atoms with Crippen molar-refractivity contribution >= 4 is 34.9 Å². The molecule has 7 heteroatoms. The number of esters is 1. The molecule has 0 saturated carbocycles. The maximum atomic E-state index is 12.8. The lowest BCUT2D eigenvalue weighted by molar-refractivity contribution is -0.140. The first kappa shape index (κ1) is 20.9. The molecule has 0 saturated heterocycles. The Hall–Kier alpha value is -2.41. The molecule has 1 aromatic rings. The van der Waals surface area contributed by atoms with E-state index >= 15 is 0 Å². The molecule has 0 radical (unpaired) electrons. The Bertz CT molecular complexity index is 756. The van der Waals surface area contributed by atoms with Gasteiger partial charge in [-0.25, -0.2) is 4.79 Å². The highest BCUT2D eigenvalue weighted by atomic mass is 32.1. The average Bonchev–Trinajstić information content (AvgIpc) is 2.64. The number of allylic oxidation sites excluding steroid dienone is 1. The summed E-state index contributed by atoms with van der Waals surface area (Å²) >= 11 is 5.40. The van der Waals surface area contributed by atoms with Crippen LogP contribution < -0.4 is 10.6 Å². The molecule has 1 aromatic carbocycles. The number of thiocarbonyl (C=S) groups is 1. The predicted octanol–water partition coefficient (Wildman–Crippen LogP) is 3.37. The average molecular weight is 390 g/mol. The van der Waals surface area contributed by atoms with Crippen molar-refractivity contribution in [3.63, 3.8) is 0 Å². The largest absolute Gasteiger partial charge is 0.462 e. The van der Waals surface area contributed by atoms with E-state index in [-0.39, 0.29) is 17.8 Å². The molecule has 1 heterocycles. The number of hydrogen-bond donors (Lipinski definition) is 2. The molecule has 0 aliphatic carbocycles. The molecule has 0 aromatic heterocycles. The number of carbonyl (C=O) groups is 2. The number of hydrogen-bond acceptors (Lipinski definition) is 4. The Kier molecular flexibility index (Phi) is 6.96. The van der Waals surface area contributed by atoms with Gasteiger partial charge in [-0.05, 0) is 42.8 Å². The van der Waals surface area contributed by atoms with Crippen LogP contribution in [0.3, 0.4) is 0 Å². The van der Waals surface area contributed by atoms with Crippen molar-refractivity contribution in [2.45, 2.75) is 40.2 Å².